The Morgan fingerprint density at radius 1 is 0.316 bits per heavy atom. The molecule has 0 N–H and O–H groups in total. The minimum absolute atomic E-state index is 0.106. The maximum atomic E-state index is 5.52. The molecule has 0 amide bonds. The summed E-state index contributed by atoms with van der Waals surface area (Å²) in [4.78, 5) is 33.4. The average molecular weight is 1920 g/mol. The Kier molecular flexibility index (Phi) is 38.2. The number of methoxy groups -OCH3 is 2. The topological polar surface area (TPSA) is 127 Å². The van der Waals surface area contributed by atoms with Gasteiger partial charge in [-0.2, -0.15) is 0 Å². The van der Waals surface area contributed by atoms with E-state index in [2.05, 4.69) is 306 Å². The molecule has 0 aliphatic rings. The second kappa shape index (κ2) is 48.9. The van der Waals surface area contributed by atoms with Crippen LogP contribution < -0.4 is 35.5 Å². The summed E-state index contributed by atoms with van der Waals surface area (Å²) in [5.41, 5.74) is 9.79. The van der Waals surface area contributed by atoms with Crippen LogP contribution >= 0.6 is 66.8 Å². The molecule has 15 aromatic rings. The minimum atomic E-state index is -2.41. The standard InChI is InChI=1S/C27H24N4O2.2C18H15P.C12H6Br2N2.C8H10NO2.3C4H9.2ClH.Pd.Sn/c1-3-20-6-4-8-22(28-20)24-14-12-18-10-11-19-13-15-25(31-27(19)26(18)30-24)23-9-5-7-21(29-23)16-33-17-32-2;2*1-4-10-16(11-5-1)19(17-12-6-2-7-13-17)18-14-8-3-9-15-18;13-9-5-3-7-1-2-8-4-6-10(14)16-12(8)11(7)15-9;1-10-7-11-6-8-4-2-3-5-9-8;3*1-3-4-2;;;;/h4-15H,3,16-17H2,1-2H3;2*1-15H;1-6H;2-4H,6-7H2,1H3;3*1,3-4H2,2H3;2*1H;;/q;;;;;;;;;;+2;/p-2. The van der Waals surface area contributed by atoms with E-state index in [4.69, 9.17) is 62.9 Å². The number of pyridine rings is 7. The van der Waals surface area contributed by atoms with Gasteiger partial charge in [-0.05, 0) is 134 Å². The fourth-order valence-electron chi connectivity index (χ4n) is 13.3. The summed E-state index contributed by atoms with van der Waals surface area (Å²) in [6.07, 6.45) is 8.90. The zero-order chi connectivity index (χ0) is 80.0. The van der Waals surface area contributed by atoms with Gasteiger partial charge in [0.05, 0.1) is 57.1 Å². The minimum Gasteiger partial charge on any atom is -0.0622 e. The van der Waals surface area contributed by atoms with Crippen molar-refractivity contribution in [3.63, 3.8) is 0 Å². The molecule has 0 aliphatic carbocycles. The van der Waals surface area contributed by atoms with Gasteiger partial charge in [-0.25, -0.2) is 24.9 Å². The first-order valence-corrected chi connectivity index (χ1v) is 54.3. The van der Waals surface area contributed by atoms with Gasteiger partial charge in [-0.15, -0.1) is 0 Å². The molecule has 7 aromatic heterocycles. The summed E-state index contributed by atoms with van der Waals surface area (Å²) in [5.74, 6) is 0. The molecule has 588 valence electrons. The van der Waals surface area contributed by atoms with Gasteiger partial charge in [-0.3, -0.25) is 4.98 Å². The summed E-state index contributed by atoms with van der Waals surface area (Å²) >= 11 is 4.26. The fraction of sp³-hybridized carbons (Fsp3) is 0.211. The molecule has 11 nitrogen and oxygen atoms in total. The second-order valence-corrected chi connectivity index (χ2v) is 48.3. The first kappa shape index (κ1) is 88.9. The third-order valence-corrected chi connectivity index (χ3v) is 39.7. The van der Waals surface area contributed by atoms with Gasteiger partial charge in [0.1, 0.15) is 16.0 Å². The number of halogens is 4. The predicted molar refractivity (Wildman–Crippen MR) is 489 cm³/mol. The molecule has 19 heteroatoms. The van der Waals surface area contributed by atoms with Gasteiger partial charge in [0.15, 0.2) is 0 Å². The first-order chi connectivity index (χ1) is 56.0. The molecule has 0 fully saturated rings. The molecule has 0 spiro atoms. The summed E-state index contributed by atoms with van der Waals surface area (Å²) in [5, 5.41) is 12.7. The molecule has 0 unspecified atom stereocenters. The molecule has 0 saturated carbocycles. The van der Waals surface area contributed by atoms with E-state index in [0.717, 1.165) is 99.1 Å². The van der Waals surface area contributed by atoms with Gasteiger partial charge in [-0.1, -0.05) is 250 Å². The monoisotopic (exact) mass is 1920 g/mol. The Morgan fingerprint density at radius 2 is 0.596 bits per heavy atom. The first-order valence-electron chi connectivity index (χ1n) is 38.5. The van der Waals surface area contributed by atoms with Crippen molar-refractivity contribution in [3.8, 4) is 22.8 Å². The van der Waals surface area contributed by atoms with Gasteiger partial charge >= 0.3 is 189 Å². The molecule has 0 atom stereocenters. The van der Waals surface area contributed by atoms with E-state index in [1.807, 2.05) is 72.8 Å². The van der Waals surface area contributed by atoms with Crippen LogP contribution in [0.15, 0.2) is 319 Å². The van der Waals surface area contributed by atoms with Gasteiger partial charge < -0.3 is 9.47 Å². The van der Waals surface area contributed by atoms with Crippen molar-refractivity contribution in [2.24, 2.45) is 0 Å². The number of hydrogen-bond acceptors (Lipinski definition) is 11. The SMILES string of the molecule is Brc1ccc2ccc3ccc(Br)nc3c2n1.CCC[CH2][Sn]([CH2]CCC)([CH2]CCC)[c]1cccc(COCOC)n1.CCc1cccc(-c2ccc3ccc4ccc(-c5cccc(COCOC)n5)nc4c3n2)n1.[Cl][Pd][Cl].c1ccc(P(c2ccccc2)c2ccccc2)cc1.c1ccc(P(c2ccccc2)c2ccccc2)cc1. The van der Waals surface area contributed by atoms with Crippen LogP contribution in [0.4, 0.5) is 0 Å². The number of nitrogens with zero attached hydrogens (tertiary/aromatic N) is 7. The maximum Gasteiger partial charge on any atom is -0.0134 e. The molecule has 7 heterocycles. The maximum absolute atomic E-state index is 5.52. The van der Waals surface area contributed by atoms with Crippen LogP contribution in [-0.2, 0) is 54.5 Å². The molecule has 0 saturated heterocycles. The smallest absolute Gasteiger partial charge is 0.0134 e. The van der Waals surface area contributed by atoms with Crippen molar-refractivity contribution >= 4 is 164 Å². The van der Waals surface area contributed by atoms with Crippen LogP contribution in [0.25, 0.3) is 66.4 Å². The van der Waals surface area contributed by atoms with Crippen molar-refractivity contribution in [1.82, 2.24) is 34.9 Å². The van der Waals surface area contributed by atoms with Crippen molar-refractivity contribution in [3.05, 3.63) is 336 Å². The van der Waals surface area contributed by atoms with Crippen molar-refractivity contribution in [2.75, 3.05) is 27.8 Å². The van der Waals surface area contributed by atoms with Crippen LogP contribution in [0.3, 0.4) is 0 Å². The number of aryl methyl sites for hydroxylation is 1. The number of rotatable bonds is 27. The van der Waals surface area contributed by atoms with E-state index in [0.29, 0.717) is 20.0 Å². The molecule has 114 heavy (non-hydrogen) atoms. The third kappa shape index (κ3) is 26.5. The molecule has 0 aliphatic heterocycles. The van der Waals surface area contributed by atoms with Crippen LogP contribution in [0.2, 0.25) is 13.3 Å². The van der Waals surface area contributed by atoms with E-state index >= 15 is 0 Å². The number of fused-ring (bicyclic) bond motifs is 6. The quantitative estimate of drug-likeness (QED) is 0.0122. The number of hydrogen-bond donors (Lipinski definition) is 0. The van der Waals surface area contributed by atoms with E-state index in [9.17, 15) is 0 Å². The van der Waals surface area contributed by atoms with Crippen molar-refractivity contribution < 1.29 is 34.9 Å². The van der Waals surface area contributed by atoms with E-state index in [1.165, 1.54) is 87.4 Å². The summed E-state index contributed by atoms with van der Waals surface area (Å²) in [7, 11) is 12.0. The van der Waals surface area contributed by atoms with E-state index < -0.39 is 34.2 Å². The molecule has 0 radical (unpaired) electrons. The number of ether oxygens (including phenoxy) is 4. The Bertz CT molecular complexity index is 4960. The zero-order valence-corrected chi connectivity index (χ0v) is 76.2. The summed E-state index contributed by atoms with van der Waals surface area (Å²) < 4.78 is 28.4. The van der Waals surface area contributed by atoms with Gasteiger partial charge in [0, 0.05) is 34.3 Å². The van der Waals surface area contributed by atoms with Crippen LogP contribution in [0.1, 0.15) is 83.3 Å². The van der Waals surface area contributed by atoms with Gasteiger partial charge in [0.2, 0.25) is 0 Å². The summed E-state index contributed by atoms with van der Waals surface area (Å²) in [6, 6.07) is 108. The van der Waals surface area contributed by atoms with Crippen LogP contribution in [-0.4, -0.2) is 81.1 Å². The number of unbranched alkanes of at least 4 members (excludes halogenated alkanes) is 3. The Balaban J connectivity index is 0.000000153. The Hall–Kier alpha value is -7.45. The number of benzene rings is 8. The molecular formula is C95H97Br2Cl2N7O4P2PdSn. The average Bonchev–Trinajstić information content (AvgIpc) is 0.774. The molecule has 15 rings (SSSR count). The second-order valence-electron chi connectivity index (χ2n) is 26.8. The summed E-state index contributed by atoms with van der Waals surface area (Å²) in [6.45, 7) is 10.6. The fourth-order valence-corrected chi connectivity index (χ4v) is 34.0. The predicted octanol–water partition coefficient (Wildman–Crippen LogP) is 23.4. The van der Waals surface area contributed by atoms with Crippen LogP contribution in [0.5, 0.6) is 0 Å². The van der Waals surface area contributed by atoms with Gasteiger partial charge in [0.25, 0.3) is 0 Å². The third-order valence-electron chi connectivity index (χ3n) is 18.8. The van der Waals surface area contributed by atoms with Crippen molar-refractivity contribution in [2.45, 2.75) is 99.2 Å². The van der Waals surface area contributed by atoms with Crippen LogP contribution in [0, 0.1) is 0 Å². The molecule has 0 bridgehead atoms. The van der Waals surface area contributed by atoms with E-state index in [-0.39, 0.29) is 22.7 Å². The normalized spacial score (nSPS) is 11.1. The Labute approximate surface area is 712 Å². The largest absolute Gasteiger partial charge is 0.0622 e. The molecule has 8 aromatic carbocycles. The zero-order valence-electron chi connectivity index (χ0n) is 65.3. The number of aromatic nitrogens is 7. The Morgan fingerprint density at radius 3 is 0.921 bits per heavy atom. The molecular weight excluding hydrogens is 1820 g/mol. The van der Waals surface area contributed by atoms with E-state index in [1.54, 1.807) is 14.2 Å². The van der Waals surface area contributed by atoms with Crippen molar-refractivity contribution in [1.29, 1.82) is 0 Å².